The molecule has 0 aliphatic heterocycles. The van der Waals surface area contributed by atoms with Crippen molar-refractivity contribution in [2.24, 2.45) is 0 Å². The maximum absolute atomic E-state index is 12.9. The van der Waals surface area contributed by atoms with Gasteiger partial charge >= 0.3 is 6.18 Å². The van der Waals surface area contributed by atoms with Crippen molar-refractivity contribution in [3.8, 4) is 0 Å². The SMILES string of the molecule is CN(C)/C=C(\c1ncc(C(F)(F)F)cc1Cl)S(=O)(=O)c1ccccc1. The Morgan fingerprint density at radius 3 is 2.28 bits per heavy atom. The molecule has 0 radical (unpaired) electrons. The third kappa shape index (κ3) is 4.32. The van der Waals surface area contributed by atoms with E-state index in [1.807, 2.05) is 0 Å². The highest BCUT2D eigenvalue weighted by Crippen LogP contribution is 2.35. The second kappa shape index (κ2) is 7.05. The number of benzene rings is 1. The van der Waals surface area contributed by atoms with Crippen molar-refractivity contribution < 1.29 is 21.6 Å². The van der Waals surface area contributed by atoms with Gasteiger partial charge in [-0.3, -0.25) is 4.98 Å². The Labute approximate surface area is 148 Å². The van der Waals surface area contributed by atoms with E-state index < -0.39 is 26.6 Å². The van der Waals surface area contributed by atoms with E-state index in [4.69, 9.17) is 11.6 Å². The molecule has 1 aromatic heterocycles. The highest BCUT2D eigenvalue weighted by Gasteiger charge is 2.33. The van der Waals surface area contributed by atoms with Gasteiger partial charge in [0.1, 0.15) is 10.6 Å². The Kier molecular flexibility index (Phi) is 5.43. The summed E-state index contributed by atoms with van der Waals surface area (Å²) in [6.45, 7) is 0. The molecule has 1 heterocycles. The number of hydrogen-bond donors (Lipinski definition) is 0. The molecule has 9 heteroatoms. The first kappa shape index (κ1) is 19.3. The number of aromatic nitrogens is 1. The Balaban J connectivity index is 2.65. The van der Waals surface area contributed by atoms with Gasteiger partial charge in [0, 0.05) is 26.5 Å². The summed E-state index contributed by atoms with van der Waals surface area (Å²) in [5.41, 5.74) is -1.30. The van der Waals surface area contributed by atoms with Crippen molar-refractivity contribution in [3.63, 3.8) is 0 Å². The zero-order valence-electron chi connectivity index (χ0n) is 13.2. The average Bonchev–Trinajstić information content (AvgIpc) is 2.52. The van der Waals surface area contributed by atoms with Crippen LogP contribution in [-0.2, 0) is 16.0 Å². The summed E-state index contributed by atoms with van der Waals surface area (Å²) in [6.07, 6.45) is -2.81. The van der Waals surface area contributed by atoms with Crippen LogP contribution in [0.1, 0.15) is 11.3 Å². The van der Waals surface area contributed by atoms with Crippen molar-refractivity contribution in [2.45, 2.75) is 11.1 Å². The number of pyridine rings is 1. The predicted molar refractivity (Wildman–Crippen MR) is 89.5 cm³/mol. The highest BCUT2D eigenvalue weighted by molar-refractivity contribution is 8.00. The van der Waals surface area contributed by atoms with Crippen LogP contribution in [0.25, 0.3) is 4.91 Å². The van der Waals surface area contributed by atoms with Crippen molar-refractivity contribution in [1.29, 1.82) is 0 Å². The molecule has 0 amide bonds. The van der Waals surface area contributed by atoms with Crippen LogP contribution in [0.5, 0.6) is 0 Å². The van der Waals surface area contributed by atoms with Gasteiger partial charge in [-0.2, -0.15) is 13.2 Å². The fourth-order valence-electron chi connectivity index (χ4n) is 1.99. The predicted octanol–water partition coefficient (Wildman–Crippen LogP) is 4.09. The summed E-state index contributed by atoms with van der Waals surface area (Å²) in [5, 5.41) is -0.401. The van der Waals surface area contributed by atoms with Crippen molar-refractivity contribution in [3.05, 3.63) is 65.1 Å². The van der Waals surface area contributed by atoms with Gasteiger partial charge in [0.05, 0.1) is 15.5 Å². The maximum Gasteiger partial charge on any atom is 0.417 e. The van der Waals surface area contributed by atoms with Gasteiger partial charge in [-0.05, 0) is 18.2 Å². The van der Waals surface area contributed by atoms with E-state index in [0.29, 0.717) is 12.3 Å². The van der Waals surface area contributed by atoms with E-state index in [0.717, 1.165) is 0 Å². The lowest BCUT2D eigenvalue weighted by Crippen LogP contribution is -2.13. The minimum Gasteiger partial charge on any atom is -0.382 e. The molecular formula is C16H14ClF3N2O2S. The van der Waals surface area contributed by atoms with E-state index >= 15 is 0 Å². The minimum absolute atomic E-state index is 0.0131. The van der Waals surface area contributed by atoms with Gasteiger partial charge < -0.3 is 4.90 Å². The molecule has 1 aromatic carbocycles. The quantitative estimate of drug-likeness (QED) is 0.789. The van der Waals surface area contributed by atoms with Crippen molar-refractivity contribution >= 4 is 26.3 Å². The van der Waals surface area contributed by atoms with Crippen molar-refractivity contribution in [2.75, 3.05) is 14.1 Å². The van der Waals surface area contributed by atoms with Crippen LogP contribution in [0, 0.1) is 0 Å². The second-order valence-electron chi connectivity index (χ2n) is 5.33. The van der Waals surface area contributed by atoms with E-state index in [1.165, 1.54) is 23.2 Å². The van der Waals surface area contributed by atoms with Gasteiger partial charge in [0.15, 0.2) is 0 Å². The normalized spacial score (nSPS) is 13.0. The molecule has 2 rings (SSSR count). The summed E-state index contributed by atoms with van der Waals surface area (Å²) >= 11 is 5.92. The van der Waals surface area contributed by atoms with E-state index in [-0.39, 0.29) is 15.5 Å². The molecule has 0 saturated carbocycles. The Morgan fingerprint density at radius 2 is 1.80 bits per heavy atom. The molecule has 0 bridgehead atoms. The molecule has 4 nitrogen and oxygen atoms in total. The fourth-order valence-corrected chi connectivity index (χ4v) is 3.85. The lowest BCUT2D eigenvalue weighted by Gasteiger charge is -2.15. The Morgan fingerprint density at radius 1 is 1.20 bits per heavy atom. The van der Waals surface area contributed by atoms with E-state index in [2.05, 4.69) is 4.98 Å². The van der Waals surface area contributed by atoms with Crippen LogP contribution in [0.2, 0.25) is 5.02 Å². The largest absolute Gasteiger partial charge is 0.417 e. The van der Waals surface area contributed by atoms with Crippen LogP contribution in [0.4, 0.5) is 13.2 Å². The number of halogens is 4. The van der Waals surface area contributed by atoms with Crippen LogP contribution < -0.4 is 0 Å². The number of rotatable bonds is 4. The third-order valence-corrected chi connectivity index (χ3v) is 5.18. The fraction of sp³-hybridized carbons (Fsp3) is 0.188. The van der Waals surface area contributed by atoms with Gasteiger partial charge in [0.25, 0.3) is 0 Å². The molecule has 134 valence electrons. The first-order chi connectivity index (χ1) is 11.5. The molecular weight excluding hydrogens is 377 g/mol. The highest BCUT2D eigenvalue weighted by atomic mass is 35.5. The topological polar surface area (TPSA) is 50.3 Å². The minimum atomic E-state index is -4.63. The van der Waals surface area contributed by atoms with Gasteiger partial charge in [-0.25, -0.2) is 8.42 Å². The smallest absolute Gasteiger partial charge is 0.382 e. The molecule has 0 N–H and O–H groups in total. The first-order valence-electron chi connectivity index (χ1n) is 6.95. The molecule has 25 heavy (non-hydrogen) atoms. The summed E-state index contributed by atoms with van der Waals surface area (Å²) in [7, 11) is -0.865. The average molecular weight is 391 g/mol. The number of nitrogens with zero attached hydrogens (tertiary/aromatic N) is 2. The zero-order valence-corrected chi connectivity index (χ0v) is 14.8. The summed E-state index contributed by atoms with van der Waals surface area (Å²) in [4.78, 5) is 4.81. The third-order valence-electron chi connectivity index (χ3n) is 3.12. The molecule has 0 atom stereocenters. The molecule has 0 aliphatic carbocycles. The molecule has 0 fully saturated rings. The van der Waals surface area contributed by atoms with Gasteiger partial charge in [-0.15, -0.1) is 0 Å². The maximum atomic E-state index is 12.9. The van der Waals surface area contributed by atoms with Crippen LogP contribution >= 0.6 is 11.6 Å². The van der Waals surface area contributed by atoms with Crippen LogP contribution in [-0.4, -0.2) is 32.4 Å². The van der Waals surface area contributed by atoms with E-state index in [9.17, 15) is 21.6 Å². The first-order valence-corrected chi connectivity index (χ1v) is 8.81. The molecule has 0 spiro atoms. The molecule has 0 unspecified atom stereocenters. The lowest BCUT2D eigenvalue weighted by atomic mass is 10.2. The van der Waals surface area contributed by atoms with Crippen LogP contribution in [0.3, 0.4) is 0 Å². The van der Waals surface area contributed by atoms with Crippen LogP contribution in [0.15, 0.2) is 53.7 Å². The Bertz CT molecular complexity index is 895. The van der Waals surface area contributed by atoms with E-state index in [1.54, 1.807) is 32.3 Å². The standard InChI is InChI=1S/C16H14ClF3N2O2S/c1-22(2)10-14(25(23,24)12-6-4-3-5-7-12)15-13(17)8-11(9-21-15)16(18,19)20/h3-10H,1-2H3/b14-10+. The summed E-state index contributed by atoms with van der Waals surface area (Å²) in [6, 6.07) is 8.17. The summed E-state index contributed by atoms with van der Waals surface area (Å²) in [5.74, 6) is 0. The number of sulfone groups is 1. The molecule has 0 saturated heterocycles. The number of alkyl halides is 3. The molecule has 0 aliphatic rings. The second-order valence-corrected chi connectivity index (χ2v) is 7.65. The van der Waals surface area contributed by atoms with Gasteiger partial charge in [0.2, 0.25) is 9.84 Å². The molecule has 2 aromatic rings. The van der Waals surface area contributed by atoms with Gasteiger partial charge in [-0.1, -0.05) is 29.8 Å². The zero-order chi connectivity index (χ0) is 18.8. The summed E-state index contributed by atoms with van der Waals surface area (Å²) < 4.78 is 64.1. The Hall–Kier alpha value is -2.06. The van der Waals surface area contributed by atoms with Crippen molar-refractivity contribution in [1.82, 2.24) is 9.88 Å². The number of hydrogen-bond acceptors (Lipinski definition) is 4. The lowest BCUT2D eigenvalue weighted by molar-refractivity contribution is -0.137. The monoisotopic (exact) mass is 390 g/mol.